The van der Waals surface area contributed by atoms with E-state index in [2.05, 4.69) is 4.84 Å². The first kappa shape index (κ1) is 12.7. The third kappa shape index (κ3) is 2.62. The number of ether oxygens (including phenoxy) is 2. The van der Waals surface area contributed by atoms with Gasteiger partial charge in [-0.05, 0) is 24.6 Å². The predicted molar refractivity (Wildman–Crippen MR) is 58.0 cm³/mol. The number of rotatable bonds is 5. The molecule has 4 nitrogen and oxygen atoms in total. The lowest BCUT2D eigenvalue weighted by Crippen LogP contribution is -2.04. The molecule has 0 heterocycles. The van der Waals surface area contributed by atoms with Crippen molar-refractivity contribution in [1.29, 1.82) is 0 Å². The van der Waals surface area contributed by atoms with Crippen LogP contribution in [0.15, 0.2) is 12.1 Å². The molecule has 2 N–H and O–H groups in total. The molecule has 0 amide bonds. The quantitative estimate of drug-likeness (QED) is 0.786. The van der Waals surface area contributed by atoms with Gasteiger partial charge in [-0.3, -0.25) is 4.84 Å². The summed E-state index contributed by atoms with van der Waals surface area (Å²) >= 11 is 0. The molecule has 0 bridgehead atoms. The smallest absolute Gasteiger partial charge is 0.166 e. The van der Waals surface area contributed by atoms with Crippen molar-refractivity contribution in [3.63, 3.8) is 0 Å². The van der Waals surface area contributed by atoms with Gasteiger partial charge in [-0.25, -0.2) is 10.3 Å². The third-order valence-corrected chi connectivity index (χ3v) is 2.28. The number of nitrogens with two attached hydrogens (primary N) is 1. The van der Waals surface area contributed by atoms with Crippen LogP contribution in [0.1, 0.15) is 24.2 Å². The number of hydrogen-bond donors (Lipinski definition) is 1. The Kier molecular flexibility index (Phi) is 4.52. The minimum absolute atomic E-state index is 0.139. The topological polar surface area (TPSA) is 53.7 Å². The first-order valence-corrected chi connectivity index (χ1v) is 4.84. The van der Waals surface area contributed by atoms with Gasteiger partial charge in [0.15, 0.2) is 11.5 Å². The lowest BCUT2D eigenvalue weighted by Gasteiger charge is -2.15. The van der Waals surface area contributed by atoms with Crippen LogP contribution in [-0.2, 0) is 11.4 Å². The van der Waals surface area contributed by atoms with Crippen molar-refractivity contribution in [2.45, 2.75) is 19.7 Å². The summed E-state index contributed by atoms with van der Waals surface area (Å²) in [6, 6.07) is 3.25. The van der Waals surface area contributed by atoms with Gasteiger partial charge in [0.2, 0.25) is 0 Å². The Bertz CT molecular complexity index is 355. The number of hydrogen-bond acceptors (Lipinski definition) is 4. The molecule has 1 rings (SSSR count). The summed E-state index contributed by atoms with van der Waals surface area (Å²) in [5.74, 6) is 5.99. The van der Waals surface area contributed by atoms with Crippen LogP contribution in [0, 0.1) is 0 Å². The Morgan fingerprint density at radius 2 is 2.00 bits per heavy atom. The van der Waals surface area contributed by atoms with E-state index in [9.17, 15) is 4.39 Å². The summed E-state index contributed by atoms with van der Waals surface area (Å²) in [6.07, 6.45) is -1.09. The van der Waals surface area contributed by atoms with Crippen molar-refractivity contribution < 1.29 is 18.7 Å². The molecule has 0 saturated heterocycles. The van der Waals surface area contributed by atoms with Crippen molar-refractivity contribution in [3.05, 3.63) is 23.3 Å². The molecule has 90 valence electrons. The highest BCUT2D eigenvalue weighted by atomic mass is 19.1. The fraction of sp³-hybridized carbons (Fsp3) is 0.455. The summed E-state index contributed by atoms with van der Waals surface area (Å²) in [6.45, 7) is 1.59. The van der Waals surface area contributed by atoms with Gasteiger partial charge in [-0.15, -0.1) is 0 Å². The highest BCUT2D eigenvalue weighted by Gasteiger charge is 2.15. The molecule has 0 aliphatic rings. The van der Waals surface area contributed by atoms with Crippen molar-refractivity contribution in [1.82, 2.24) is 0 Å². The van der Waals surface area contributed by atoms with E-state index in [1.165, 1.54) is 21.1 Å². The summed E-state index contributed by atoms with van der Waals surface area (Å²) in [4.78, 5) is 4.55. The number of alkyl halides is 1. The van der Waals surface area contributed by atoms with E-state index in [4.69, 9.17) is 15.4 Å². The summed E-state index contributed by atoms with van der Waals surface area (Å²) in [5.41, 5.74) is 1.16. The van der Waals surface area contributed by atoms with Crippen molar-refractivity contribution in [2.24, 2.45) is 5.90 Å². The van der Waals surface area contributed by atoms with E-state index in [1.807, 2.05) is 0 Å². The highest BCUT2D eigenvalue weighted by molar-refractivity contribution is 5.49. The van der Waals surface area contributed by atoms with Gasteiger partial charge in [-0.1, -0.05) is 0 Å². The Morgan fingerprint density at radius 1 is 1.31 bits per heavy atom. The normalized spacial score (nSPS) is 12.3. The van der Waals surface area contributed by atoms with Gasteiger partial charge in [0.05, 0.1) is 20.8 Å². The van der Waals surface area contributed by atoms with E-state index in [-0.39, 0.29) is 6.61 Å². The third-order valence-electron chi connectivity index (χ3n) is 2.28. The van der Waals surface area contributed by atoms with Crippen molar-refractivity contribution >= 4 is 0 Å². The SMILES string of the molecule is COc1cc(C(C)F)cc(CON)c1OC. The van der Waals surface area contributed by atoms with Gasteiger partial charge < -0.3 is 9.47 Å². The van der Waals surface area contributed by atoms with Gasteiger partial charge in [0.1, 0.15) is 6.17 Å². The average Bonchev–Trinajstić information content (AvgIpc) is 2.28. The van der Waals surface area contributed by atoms with Crippen LogP contribution in [0.2, 0.25) is 0 Å². The highest BCUT2D eigenvalue weighted by Crippen LogP contribution is 2.35. The largest absolute Gasteiger partial charge is 0.493 e. The second-order valence-electron chi connectivity index (χ2n) is 3.34. The maximum atomic E-state index is 13.2. The molecule has 1 aromatic rings. The predicted octanol–water partition coefficient (Wildman–Crippen LogP) is 2.12. The summed E-state index contributed by atoms with van der Waals surface area (Å²) in [5, 5.41) is 0. The molecule has 0 spiro atoms. The molecule has 0 aliphatic heterocycles. The Balaban J connectivity index is 3.25. The minimum Gasteiger partial charge on any atom is -0.493 e. The maximum absolute atomic E-state index is 13.2. The number of methoxy groups -OCH3 is 2. The van der Waals surface area contributed by atoms with E-state index in [0.717, 1.165) is 0 Å². The van der Waals surface area contributed by atoms with E-state index in [1.54, 1.807) is 12.1 Å². The van der Waals surface area contributed by atoms with Crippen LogP contribution in [-0.4, -0.2) is 14.2 Å². The summed E-state index contributed by atoms with van der Waals surface area (Å²) in [7, 11) is 3.01. The first-order chi connectivity index (χ1) is 7.63. The molecule has 5 heteroatoms. The van der Waals surface area contributed by atoms with Crippen LogP contribution in [0.4, 0.5) is 4.39 Å². The monoisotopic (exact) mass is 229 g/mol. The van der Waals surface area contributed by atoms with Gasteiger partial charge in [0, 0.05) is 5.56 Å². The van der Waals surface area contributed by atoms with Gasteiger partial charge in [-0.2, -0.15) is 0 Å². The zero-order chi connectivity index (χ0) is 12.1. The molecule has 0 saturated carbocycles. The lowest BCUT2D eigenvalue weighted by atomic mass is 10.1. The molecule has 0 aromatic heterocycles. The molecule has 16 heavy (non-hydrogen) atoms. The van der Waals surface area contributed by atoms with E-state index >= 15 is 0 Å². The molecule has 1 aromatic carbocycles. The van der Waals surface area contributed by atoms with Crippen LogP contribution < -0.4 is 15.4 Å². The average molecular weight is 229 g/mol. The molecule has 0 fully saturated rings. The fourth-order valence-corrected chi connectivity index (χ4v) is 1.49. The van der Waals surface area contributed by atoms with E-state index in [0.29, 0.717) is 22.6 Å². The number of halogens is 1. The molecule has 1 atom stereocenters. The minimum atomic E-state index is -1.09. The van der Waals surface area contributed by atoms with Crippen LogP contribution in [0.5, 0.6) is 11.5 Å². The Hall–Kier alpha value is -1.33. The first-order valence-electron chi connectivity index (χ1n) is 4.84. The van der Waals surface area contributed by atoms with E-state index < -0.39 is 6.17 Å². The molecular formula is C11H16FNO3. The number of benzene rings is 1. The molecule has 1 unspecified atom stereocenters. The van der Waals surface area contributed by atoms with Gasteiger partial charge in [0.25, 0.3) is 0 Å². The lowest BCUT2D eigenvalue weighted by molar-refractivity contribution is 0.121. The van der Waals surface area contributed by atoms with Crippen molar-refractivity contribution in [2.75, 3.05) is 14.2 Å². The van der Waals surface area contributed by atoms with Crippen molar-refractivity contribution in [3.8, 4) is 11.5 Å². The Labute approximate surface area is 94.1 Å². The summed E-state index contributed by atoms with van der Waals surface area (Å²) < 4.78 is 23.5. The zero-order valence-electron chi connectivity index (χ0n) is 9.62. The maximum Gasteiger partial charge on any atom is 0.166 e. The van der Waals surface area contributed by atoms with Crippen LogP contribution >= 0.6 is 0 Å². The van der Waals surface area contributed by atoms with Crippen LogP contribution in [0.3, 0.4) is 0 Å². The molecular weight excluding hydrogens is 213 g/mol. The molecule has 0 radical (unpaired) electrons. The standard InChI is InChI=1S/C11H16FNO3/c1-7(12)8-4-9(6-16-13)11(15-3)10(5-8)14-2/h4-5,7H,6,13H2,1-3H3. The zero-order valence-corrected chi connectivity index (χ0v) is 9.62. The van der Waals surface area contributed by atoms with Crippen LogP contribution in [0.25, 0.3) is 0 Å². The fourth-order valence-electron chi connectivity index (χ4n) is 1.49. The second kappa shape index (κ2) is 5.67. The second-order valence-corrected chi connectivity index (χ2v) is 3.34. The Morgan fingerprint density at radius 3 is 2.44 bits per heavy atom. The molecule has 0 aliphatic carbocycles. The van der Waals surface area contributed by atoms with Gasteiger partial charge >= 0.3 is 0 Å².